The summed E-state index contributed by atoms with van der Waals surface area (Å²) in [5.41, 5.74) is 0. The molecule has 1 aliphatic rings. The standard InChI is InChI=1S/C7H11NO2/c9-5-6-3-1-2-4-8-7(6)10/h5-6H,1-4H2,(H,8,10). The number of nitrogens with one attached hydrogen (secondary N) is 1. The van der Waals surface area contributed by atoms with Gasteiger partial charge in [0, 0.05) is 6.54 Å². The second-order valence-electron chi connectivity index (χ2n) is 2.53. The maximum Gasteiger partial charge on any atom is 0.230 e. The highest BCUT2D eigenvalue weighted by atomic mass is 16.2. The predicted molar refractivity (Wildman–Crippen MR) is 36.4 cm³/mol. The third kappa shape index (κ3) is 1.56. The molecule has 1 atom stereocenters. The Balaban J connectivity index is 2.51. The molecule has 1 rings (SSSR count). The fourth-order valence-corrected chi connectivity index (χ4v) is 1.09. The van der Waals surface area contributed by atoms with Gasteiger partial charge in [-0.25, -0.2) is 0 Å². The molecular weight excluding hydrogens is 130 g/mol. The lowest BCUT2D eigenvalue weighted by molar-refractivity contribution is -0.128. The average Bonchev–Trinajstić information content (AvgIpc) is 2.13. The van der Waals surface area contributed by atoms with Crippen molar-refractivity contribution in [3.8, 4) is 0 Å². The lowest BCUT2D eigenvalue weighted by atomic mass is 10.1. The number of aldehydes is 1. The van der Waals surface area contributed by atoms with Gasteiger partial charge in [0.25, 0.3) is 0 Å². The van der Waals surface area contributed by atoms with E-state index in [9.17, 15) is 9.59 Å². The van der Waals surface area contributed by atoms with Crippen molar-refractivity contribution in [1.82, 2.24) is 5.32 Å². The normalized spacial score (nSPS) is 26.8. The summed E-state index contributed by atoms with van der Waals surface area (Å²) in [4.78, 5) is 21.2. The van der Waals surface area contributed by atoms with Crippen molar-refractivity contribution in [2.75, 3.05) is 6.54 Å². The van der Waals surface area contributed by atoms with Crippen LogP contribution in [0.3, 0.4) is 0 Å². The first-order valence-corrected chi connectivity index (χ1v) is 3.57. The first-order valence-electron chi connectivity index (χ1n) is 3.57. The van der Waals surface area contributed by atoms with Crippen LogP contribution in [0.1, 0.15) is 19.3 Å². The van der Waals surface area contributed by atoms with E-state index in [4.69, 9.17) is 0 Å². The molecule has 10 heavy (non-hydrogen) atoms. The highest BCUT2D eigenvalue weighted by Crippen LogP contribution is 2.09. The first-order chi connectivity index (χ1) is 4.84. The van der Waals surface area contributed by atoms with Crippen LogP contribution in [-0.4, -0.2) is 18.7 Å². The molecule has 3 nitrogen and oxygen atoms in total. The Kier molecular flexibility index (Phi) is 2.42. The zero-order valence-electron chi connectivity index (χ0n) is 5.80. The molecule has 0 spiro atoms. The van der Waals surface area contributed by atoms with E-state index >= 15 is 0 Å². The summed E-state index contributed by atoms with van der Waals surface area (Å²) < 4.78 is 0. The lowest BCUT2D eigenvalue weighted by Gasteiger charge is -2.02. The van der Waals surface area contributed by atoms with Crippen molar-refractivity contribution in [3.63, 3.8) is 0 Å². The molecule has 0 aromatic rings. The number of hydrogen-bond donors (Lipinski definition) is 1. The van der Waals surface area contributed by atoms with Gasteiger partial charge >= 0.3 is 0 Å². The van der Waals surface area contributed by atoms with Crippen molar-refractivity contribution in [1.29, 1.82) is 0 Å². The van der Waals surface area contributed by atoms with Crippen LogP contribution in [-0.2, 0) is 9.59 Å². The maximum atomic E-state index is 10.9. The summed E-state index contributed by atoms with van der Waals surface area (Å²) >= 11 is 0. The summed E-state index contributed by atoms with van der Waals surface area (Å²) in [6.45, 7) is 0.725. The second-order valence-corrected chi connectivity index (χ2v) is 2.53. The molecule has 0 aromatic heterocycles. The van der Waals surface area contributed by atoms with Crippen LogP contribution in [0.25, 0.3) is 0 Å². The van der Waals surface area contributed by atoms with E-state index < -0.39 is 0 Å². The molecule has 1 heterocycles. The van der Waals surface area contributed by atoms with Gasteiger partial charge in [-0.1, -0.05) is 6.42 Å². The van der Waals surface area contributed by atoms with E-state index in [0.29, 0.717) is 0 Å². The molecule has 1 aliphatic heterocycles. The molecule has 0 saturated carbocycles. The van der Waals surface area contributed by atoms with Gasteiger partial charge in [0.1, 0.15) is 6.29 Å². The molecule has 3 heteroatoms. The fraction of sp³-hybridized carbons (Fsp3) is 0.714. The number of hydrogen-bond acceptors (Lipinski definition) is 2. The Morgan fingerprint density at radius 2 is 2.30 bits per heavy atom. The van der Waals surface area contributed by atoms with Gasteiger partial charge in [-0.05, 0) is 12.8 Å². The van der Waals surface area contributed by atoms with Gasteiger partial charge in [0.2, 0.25) is 5.91 Å². The van der Waals surface area contributed by atoms with Crippen molar-refractivity contribution in [2.24, 2.45) is 5.92 Å². The number of carbonyl (C=O) groups excluding carboxylic acids is 2. The van der Waals surface area contributed by atoms with Crippen LogP contribution in [0.5, 0.6) is 0 Å². The number of carbonyl (C=O) groups is 2. The Hall–Kier alpha value is -0.860. The topological polar surface area (TPSA) is 46.2 Å². The van der Waals surface area contributed by atoms with Crippen LogP contribution >= 0.6 is 0 Å². The summed E-state index contributed by atoms with van der Waals surface area (Å²) in [7, 11) is 0. The zero-order valence-corrected chi connectivity index (χ0v) is 5.80. The first kappa shape index (κ1) is 7.25. The maximum absolute atomic E-state index is 10.9. The van der Waals surface area contributed by atoms with E-state index in [1.165, 1.54) is 0 Å². The number of amides is 1. The van der Waals surface area contributed by atoms with Gasteiger partial charge < -0.3 is 10.1 Å². The molecule has 1 unspecified atom stereocenters. The molecule has 1 N–H and O–H groups in total. The molecule has 0 aromatic carbocycles. The van der Waals surface area contributed by atoms with Crippen LogP contribution in [0.4, 0.5) is 0 Å². The lowest BCUT2D eigenvalue weighted by Crippen LogP contribution is -2.29. The van der Waals surface area contributed by atoms with Gasteiger partial charge in [-0.15, -0.1) is 0 Å². The SMILES string of the molecule is O=CC1CCCCNC1=O. The quantitative estimate of drug-likeness (QED) is 0.416. The summed E-state index contributed by atoms with van der Waals surface area (Å²) in [6.07, 6.45) is 3.42. The van der Waals surface area contributed by atoms with Crippen molar-refractivity contribution >= 4 is 12.2 Å². The van der Waals surface area contributed by atoms with Crippen molar-refractivity contribution < 1.29 is 9.59 Å². The molecular formula is C7H11NO2. The van der Waals surface area contributed by atoms with Crippen LogP contribution in [0.2, 0.25) is 0 Å². The van der Waals surface area contributed by atoms with Gasteiger partial charge in [0.15, 0.2) is 0 Å². The monoisotopic (exact) mass is 141 g/mol. The summed E-state index contributed by atoms with van der Waals surface area (Å²) in [5, 5.41) is 2.68. The average molecular weight is 141 g/mol. The molecule has 0 radical (unpaired) electrons. The Morgan fingerprint density at radius 3 is 3.00 bits per heavy atom. The van der Waals surface area contributed by atoms with Gasteiger partial charge in [-0.3, -0.25) is 4.79 Å². The Bertz CT molecular complexity index is 145. The summed E-state index contributed by atoms with van der Waals surface area (Å²) in [5.74, 6) is -0.491. The second kappa shape index (κ2) is 3.34. The number of rotatable bonds is 1. The third-order valence-electron chi connectivity index (χ3n) is 1.74. The van der Waals surface area contributed by atoms with Crippen LogP contribution in [0.15, 0.2) is 0 Å². The van der Waals surface area contributed by atoms with E-state index in [1.54, 1.807) is 0 Å². The molecule has 1 saturated heterocycles. The van der Waals surface area contributed by atoms with Crippen LogP contribution in [0, 0.1) is 5.92 Å². The Morgan fingerprint density at radius 1 is 1.50 bits per heavy atom. The third-order valence-corrected chi connectivity index (χ3v) is 1.74. The van der Waals surface area contributed by atoms with Crippen molar-refractivity contribution in [3.05, 3.63) is 0 Å². The van der Waals surface area contributed by atoms with Crippen LogP contribution < -0.4 is 5.32 Å². The molecule has 56 valence electrons. The van der Waals surface area contributed by atoms with Gasteiger partial charge in [-0.2, -0.15) is 0 Å². The highest BCUT2D eigenvalue weighted by molar-refractivity contribution is 5.91. The minimum absolute atomic E-state index is 0.104. The largest absolute Gasteiger partial charge is 0.355 e. The molecule has 1 amide bonds. The molecule has 0 aliphatic carbocycles. The molecule has 1 fully saturated rings. The molecule has 0 bridgehead atoms. The highest BCUT2D eigenvalue weighted by Gasteiger charge is 2.18. The van der Waals surface area contributed by atoms with E-state index in [0.717, 1.165) is 32.1 Å². The zero-order chi connectivity index (χ0) is 7.40. The summed E-state index contributed by atoms with van der Waals surface area (Å²) in [6, 6.07) is 0. The van der Waals surface area contributed by atoms with E-state index in [-0.39, 0.29) is 11.8 Å². The smallest absolute Gasteiger partial charge is 0.230 e. The minimum Gasteiger partial charge on any atom is -0.355 e. The predicted octanol–water partition coefficient (Wildman–Crippen LogP) is 0.102. The van der Waals surface area contributed by atoms with Gasteiger partial charge in [0.05, 0.1) is 5.92 Å². The minimum atomic E-state index is -0.387. The fourth-order valence-electron chi connectivity index (χ4n) is 1.09. The van der Waals surface area contributed by atoms with E-state index in [2.05, 4.69) is 5.32 Å². The Labute approximate surface area is 59.8 Å². The van der Waals surface area contributed by atoms with Crippen molar-refractivity contribution in [2.45, 2.75) is 19.3 Å². The van der Waals surface area contributed by atoms with E-state index in [1.807, 2.05) is 0 Å².